The topological polar surface area (TPSA) is 63.3 Å². The van der Waals surface area contributed by atoms with Gasteiger partial charge in [0.25, 0.3) is 0 Å². The summed E-state index contributed by atoms with van der Waals surface area (Å²) in [6, 6.07) is 3.50. The molecule has 0 fully saturated rings. The maximum atomic E-state index is 11.8. The molecule has 0 saturated heterocycles. The van der Waals surface area contributed by atoms with Gasteiger partial charge in [-0.3, -0.25) is 4.79 Å². The molecule has 1 aromatic rings. The SMILES string of the molecule is CCC1(C)Nc2nc(OC)ccc2NC1=O. The summed E-state index contributed by atoms with van der Waals surface area (Å²) >= 11 is 0. The quantitative estimate of drug-likeness (QED) is 0.796. The zero-order chi connectivity index (χ0) is 11.8. The number of ether oxygens (including phenoxy) is 1. The Hall–Kier alpha value is -1.78. The lowest BCUT2D eigenvalue weighted by molar-refractivity contribution is -0.120. The van der Waals surface area contributed by atoms with Crippen LogP contribution in [-0.2, 0) is 4.79 Å². The summed E-state index contributed by atoms with van der Waals surface area (Å²) < 4.78 is 5.05. The van der Waals surface area contributed by atoms with Gasteiger partial charge in [0.2, 0.25) is 11.8 Å². The summed E-state index contributed by atoms with van der Waals surface area (Å²) in [5.74, 6) is 1.15. The lowest BCUT2D eigenvalue weighted by atomic mass is 9.95. The van der Waals surface area contributed by atoms with Gasteiger partial charge in [0.1, 0.15) is 5.54 Å². The van der Waals surface area contributed by atoms with Crippen molar-refractivity contribution in [3.63, 3.8) is 0 Å². The number of hydrogen-bond donors (Lipinski definition) is 2. The van der Waals surface area contributed by atoms with Crippen LogP contribution in [0.3, 0.4) is 0 Å². The number of rotatable bonds is 2. The van der Waals surface area contributed by atoms with Gasteiger partial charge in [-0.2, -0.15) is 4.98 Å². The van der Waals surface area contributed by atoms with E-state index >= 15 is 0 Å². The number of methoxy groups -OCH3 is 1. The molecule has 2 N–H and O–H groups in total. The van der Waals surface area contributed by atoms with Crippen molar-refractivity contribution in [1.82, 2.24) is 4.98 Å². The molecule has 0 aliphatic carbocycles. The summed E-state index contributed by atoms with van der Waals surface area (Å²) in [5.41, 5.74) is 0.0866. The molecule has 1 unspecified atom stereocenters. The number of hydrogen-bond acceptors (Lipinski definition) is 4. The number of nitrogens with zero attached hydrogens (tertiary/aromatic N) is 1. The zero-order valence-electron chi connectivity index (χ0n) is 9.63. The van der Waals surface area contributed by atoms with Crippen molar-refractivity contribution in [2.24, 2.45) is 0 Å². The summed E-state index contributed by atoms with van der Waals surface area (Å²) in [7, 11) is 1.56. The number of nitrogens with one attached hydrogen (secondary N) is 2. The van der Waals surface area contributed by atoms with Crippen molar-refractivity contribution in [1.29, 1.82) is 0 Å². The van der Waals surface area contributed by atoms with Crippen molar-refractivity contribution in [2.45, 2.75) is 25.8 Å². The highest BCUT2D eigenvalue weighted by atomic mass is 16.5. The minimum absolute atomic E-state index is 0.0329. The Morgan fingerprint density at radius 2 is 2.25 bits per heavy atom. The average Bonchev–Trinajstić information content (AvgIpc) is 2.30. The van der Waals surface area contributed by atoms with Gasteiger partial charge in [0.15, 0.2) is 5.82 Å². The minimum Gasteiger partial charge on any atom is -0.481 e. The number of anilines is 2. The molecular formula is C11H15N3O2. The third-order valence-electron chi connectivity index (χ3n) is 2.93. The van der Waals surface area contributed by atoms with E-state index in [2.05, 4.69) is 15.6 Å². The van der Waals surface area contributed by atoms with E-state index in [9.17, 15) is 4.79 Å². The average molecular weight is 221 g/mol. The van der Waals surface area contributed by atoms with Crippen molar-refractivity contribution in [2.75, 3.05) is 17.7 Å². The van der Waals surface area contributed by atoms with Crippen molar-refractivity contribution >= 4 is 17.4 Å². The molecule has 1 aliphatic heterocycles. The second-order valence-electron chi connectivity index (χ2n) is 4.01. The Balaban J connectivity index is 2.40. The van der Waals surface area contributed by atoms with Gasteiger partial charge in [-0.1, -0.05) is 6.92 Å². The molecule has 86 valence electrons. The number of carbonyl (C=O) groups excluding carboxylic acids is 1. The molecule has 0 spiro atoms. The van der Waals surface area contributed by atoms with Crippen LogP contribution < -0.4 is 15.4 Å². The first kappa shape index (κ1) is 10.7. The Kier molecular flexibility index (Phi) is 2.46. The lowest BCUT2D eigenvalue weighted by Gasteiger charge is -2.34. The van der Waals surface area contributed by atoms with E-state index < -0.39 is 5.54 Å². The standard InChI is InChI=1S/C11H15N3O2/c1-4-11(2)10(15)12-7-5-6-8(16-3)13-9(7)14-11/h5-6H,4H2,1-3H3,(H,12,15)(H,13,14). The number of aromatic nitrogens is 1. The highest BCUT2D eigenvalue weighted by Gasteiger charge is 2.36. The van der Waals surface area contributed by atoms with Crippen LogP contribution >= 0.6 is 0 Å². The van der Waals surface area contributed by atoms with Crippen LogP contribution in [0.5, 0.6) is 5.88 Å². The summed E-state index contributed by atoms with van der Waals surface area (Å²) in [4.78, 5) is 16.1. The molecule has 16 heavy (non-hydrogen) atoms. The summed E-state index contributed by atoms with van der Waals surface area (Å²) in [6.45, 7) is 3.81. The number of pyridine rings is 1. The number of amides is 1. The zero-order valence-corrected chi connectivity index (χ0v) is 9.63. The third kappa shape index (κ3) is 1.58. The van der Waals surface area contributed by atoms with Crippen LogP contribution in [0.4, 0.5) is 11.5 Å². The van der Waals surface area contributed by atoms with Gasteiger partial charge in [-0.15, -0.1) is 0 Å². The molecule has 1 aromatic heterocycles. The molecule has 5 heteroatoms. The number of carbonyl (C=O) groups is 1. The van der Waals surface area contributed by atoms with Crippen molar-refractivity contribution < 1.29 is 9.53 Å². The van der Waals surface area contributed by atoms with E-state index in [-0.39, 0.29) is 5.91 Å². The maximum Gasteiger partial charge on any atom is 0.249 e. The molecule has 1 aliphatic rings. The molecule has 5 nitrogen and oxygen atoms in total. The van der Waals surface area contributed by atoms with Crippen LogP contribution in [0.15, 0.2) is 12.1 Å². The molecule has 1 atom stereocenters. The van der Waals surface area contributed by atoms with Crippen LogP contribution in [0.2, 0.25) is 0 Å². The van der Waals surface area contributed by atoms with Crippen LogP contribution in [-0.4, -0.2) is 23.5 Å². The van der Waals surface area contributed by atoms with E-state index in [1.54, 1.807) is 19.2 Å². The van der Waals surface area contributed by atoms with Crippen LogP contribution in [0.1, 0.15) is 20.3 Å². The minimum atomic E-state index is -0.605. The Labute approximate surface area is 94.2 Å². The Morgan fingerprint density at radius 1 is 1.50 bits per heavy atom. The largest absolute Gasteiger partial charge is 0.481 e. The molecule has 0 radical (unpaired) electrons. The predicted molar refractivity (Wildman–Crippen MR) is 61.7 cm³/mol. The second-order valence-corrected chi connectivity index (χ2v) is 4.01. The van der Waals surface area contributed by atoms with Gasteiger partial charge in [-0.05, 0) is 19.4 Å². The smallest absolute Gasteiger partial charge is 0.249 e. The summed E-state index contributed by atoms with van der Waals surface area (Å²) in [6.07, 6.45) is 0.692. The Bertz CT molecular complexity index is 433. The Morgan fingerprint density at radius 3 is 2.88 bits per heavy atom. The van der Waals surface area contributed by atoms with Gasteiger partial charge in [0.05, 0.1) is 12.8 Å². The fourth-order valence-corrected chi connectivity index (χ4v) is 1.58. The molecule has 0 bridgehead atoms. The first-order valence-electron chi connectivity index (χ1n) is 5.24. The highest BCUT2D eigenvalue weighted by Crippen LogP contribution is 2.32. The van der Waals surface area contributed by atoms with Crippen molar-refractivity contribution in [3.8, 4) is 5.88 Å². The third-order valence-corrected chi connectivity index (χ3v) is 2.93. The highest BCUT2D eigenvalue weighted by molar-refractivity contribution is 6.05. The van der Waals surface area contributed by atoms with E-state index in [1.165, 1.54) is 0 Å². The van der Waals surface area contributed by atoms with E-state index in [1.807, 2.05) is 13.8 Å². The van der Waals surface area contributed by atoms with Gasteiger partial charge in [-0.25, -0.2) is 0 Å². The molecule has 1 amide bonds. The van der Waals surface area contributed by atoms with Gasteiger partial charge in [0, 0.05) is 6.07 Å². The number of fused-ring (bicyclic) bond motifs is 1. The van der Waals surface area contributed by atoms with E-state index in [0.717, 1.165) is 0 Å². The van der Waals surface area contributed by atoms with Crippen LogP contribution in [0.25, 0.3) is 0 Å². The summed E-state index contributed by atoms with van der Waals surface area (Å²) in [5, 5.41) is 5.98. The van der Waals surface area contributed by atoms with Crippen LogP contribution in [0, 0.1) is 0 Å². The molecule has 2 heterocycles. The monoisotopic (exact) mass is 221 g/mol. The fourth-order valence-electron chi connectivity index (χ4n) is 1.58. The normalized spacial score (nSPS) is 23.1. The van der Waals surface area contributed by atoms with E-state index in [0.29, 0.717) is 23.8 Å². The van der Waals surface area contributed by atoms with Gasteiger partial charge >= 0.3 is 0 Å². The first-order chi connectivity index (χ1) is 7.59. The molecule has 0 saturated carbocycles. The molecule has 2 rings (SSSR count). The van der Waals surface area contributed by atoms with Gasteiger partial charge < -0.3 is 15.4 Å². The lowest BCUT2D eigenvalue weighted by Crippen LogP contribution is -2.49. The predicted octanol–water partition coefficient (Wildman–Crippen LogP) is 1.62. The fraction of sp³-hybridized carbons (Fsp3) is 0.455. The molecule has 0 aromatic carbocycles. The van der Waals surface area contributed by atoms with E-state index in [4.69, 9.17) is 4.74 Å². The van der Waals surface area contributed by atoms with Crippen molar-refractivity contribution in [3.05, 3.63) is 12.1 Å². The first-order valence-corrected chi connectivity index (χ1v) is 5.24. The second kappa shape index (κ2) is 3.66. The molecular weight excluding hydrogens is 206 g/mol. The maximum absolute atomic E-state index is 11.8.